The van der Waals surface area contributed by atoms with Crippen molar-refractivity contribution in [3.63, 3.8) is 0 Å². The van der Waals surface area contributed by atoms with Gasteiger partial charge in [0.1, 0.15) is 0 Å². The summed E-state index contributed by atoms with van der Waals surface area (Å²) in [5.41, 5.74) is 0. The first-order valence-corrected chi connectivity index (χ1v) is 6.22. The first-order chi connectivity index (χ1) is 7.77. The maximum absolute atomic E-state index is 10.4. The second-order valence-corrected chi connectivity index (χ2v) is 3.83. The number of esters is 1. The molecule has 0 amide bonds. The molecule has 2 nitrogen and oxygen atoms in total. The van der Waals surface area contributed by atoms with E-state index in [0.29, 0.717) is 6.61 Å². The molecule has 0 rings (SSSR count). The minimum Gasteiger partial charge on any atom is -0.466 e. The Bertz CT molecular complexity index is 217. The van der Waals surface area contributed by atoms with E-state index in [1.54, 1.807) is 0 Å². The van der Waals surface area contributed by atoms with Crippen molar-refractivity contribution in [1.29, 1.82) is 0 Å². The molecule has 0 aromatic heterocycles. The number of carbonyl (C=O) groups is 1. The van der Waals surface area contributed by atoms with E-state index in [0.717, 1.165) is 12.8 Å². The highest BCUT2D eigenvalue weighted by Gasteiger charge is 1.87. The maximum Gasteiger partial charge on any atom is 0.302 e. The summed E-state index contributed by atoms with van der Waals surface area (Å²) in [7, 11) is 0. The first-order valence-electron chi connectivity index (χ1n) is 6.22. The summed E-state index contributed by atoms with van der Waals surface area (Å²) in [5, 5.41) is 0. The fourth-order valence-electron chi connectivity index (χ4n) is 1.31. The van der Waals surface area contributed by atoms with Crippen molar-refractivity contribution in [2.45, 2.75) is 52.4 Å². The van der Waals surface area contributed by atoms with Crippen molar-refractivity contribution in [1.82, 2.24) is 0 Å². The predicted octanol–water partition coefficient (Wildman–Crippen LogP) is 4.02. The average molecular weight is 224 g/mol. The number of rotatable bonds is 9. The third-order valence-corrected chi connectivity index (χ3v) is 2.20. The van der Waals surface area contributed by atoms with Gasteiger partial charge in [0.05, 0.1) is 6.61 Å². The molecule has 0 unspecified atom stereocenters. The minimum absolute atomic E-state index is 0.208. The first kappa shape index (κ1) is 14.9. The van der Waals surface area contributed by atoms with Gasteiger partial charge in [-0.05, 0) is 19.3 Å². The van der Waals surface area contributed by atoms with Gasteiger partial charge in [0.2, 0.25) is 0 Å². The molecule has 0 bridgehead atoms. The van der Waals surface area contributed by atoms with Crippen LogP contribution in [0.2, 0.25) is 0 Å². The molecule has 92 valence electrons. The van der Waals surface area contributed by atoms with E-state index < -0.39 is 0 Å². The van der Waals surface area contributed by atoms with Gasteiger partial charge >= 0.3 is 5.97 Å². The summed E-state index contributed by atoms with van der Waals surface area (Å²) in [5.74, 6) is -0.208. The summed E-state index contributed by atoms with van der Waals surface area (Å²) in [6.07, 6.45) is 15.5. The van der Waals surface area contributed by atoms with Gasteiger partial charge in [-0.2, -0.15) is 0 Å². The zero-order chi connectivity index (χ0) is 12.1. The van der Waals surface area contributed by atoms with Crippen molar-refractivity contribution in [3.8, 4) is 0 Å². The van der Waals surface area contributed by atoms with Crippen LogP contribution in [0, 0.1) is 0 Å². The van der Waals surface area contributed by atoms with Gasteiger partial charge in [0, 0.05) is 6.92 Å². The lowest BCUT2D eigenvalue weighted by atomic mass is 10.1. The number of ether oxygens (including phenoxy) is 1. The van der Waals surface area contributed by atoms with Gasteiger partial charge in [0.15, 0.2) is 0 Å². The Morgan fingerprint density at radius 3 is 2.38 bits per heavy atom. The van der Waals surface area contributed by atoms with Gasteiger partial charge < -0.3 is 4.74 Å². The van der Waals surface area contributed by atoms with E-state index in [9.17, 15) is 4.79 Å². The molecule has 0 fully saturated rings. The Morgan fingerprint density at radius 2 is 1.75 bits per heavy atom. The number of carbonyl (C=O) groups excluding carboxylic acids is 1. The molecule has 16 heavy (non-hydrogen) atoms. The fourth-order valence-corrected chi connectivity index (χ4v) is 1.31. The second kappa shape index (κ2) is 12.0. The fraction of sp³-hybridized carbons (Fsp3) is 0.643. The van der Waals surface area contributed by atoms with Crippen molar-refractivity contribution in [2.24, 2.45) is 0 Å². The van der Waals surface area contributed by atoms with E-state index in [1.165, 1.54) is 32.6 Å². The maximum atomic E-state index is 10.4. The van der Waals surface area contributed by atoms with Crippen molar-refractivity contribution < 1.29 is 9.53 Å². The number of hydrogen-bond donors (Lipinski definition) is 0. The number of hydrogen-bond acceptors (Lipinski definition) is 2. The van der Waals surface area contributed by atoms with Crippen LogP contribution in [0.1, 0.15) is 52.4 Å². The molecule has 0 aliphatic heterocycles. The molecule has 0 atom stereocenters. The molecule has 0 saturated carbocycles. The van der Waals surface area contributed by atoms with Crippen molar-refractivity contribution in [2.75, 3.05) is 6.61 Å². The Morgan fingerprint density at radius 1 is 1.06 bits per heavy atom. The minimum atomic E-state index is -0.208. The van der Waals surface area contributed by atoms with Crippen molar-refractivity contribution in [3.05, 3.63) is 24.3 Å². The second-order valence-electron chi connectivity index (χ2n) is 3.83. The SMILES string of the molecule is CCCCCCC=CC=CCCOC(C)=O. The van der Waals surface area contributed by atoms with Crippen LogP contribution in [-0.2, 0) is 9.53 Å². The Kier molecular flexibility index (Phi) is 11.2. The molecule has 0 heterocycles. The van der Waals surface area contributed by atoms with Gasteiger partial charge in [-0.25, -0.2) is 0 Å². The van der Waals surface area contributed by atoms with Gasteiger partial charge in [0.25, 0.3) is 0 Å². The largest absolute Gasteiger partial charge is 0.466 e. The van der Waals surface area contributed by atoms with E-state index in [2.05, 4.69) is 19.1 Å². The molecule has 0 aliphatic carbocycles. The molecule has 0 radical (unpaired) electrons. The van der Waals surface area contributed by atoms with Crippen molar-refractivity contribution >= 4 is 5.97 Å². The van der Waals surface area contributed by atoms with Crippen LogP contribution in [0.25, 0.3) is 0 Å². The average Bonchev–Trinajstić information content (AvgIpc) is 2.25. The number of unbranched alkanes of at least 4 members (excludes halogenated alkanes) is 4. The standard InChI is InChI=1S/C14H24O2/c1-3-4-5-6-7-8-9-10-11-12-13-16-14(2)15/h8-11H,3-7,12-13H2,1-2H3. The van der Waals surface area contributed by atoms with Crippen LogP contribution in [0.15, 0.2) is 24.3 Å². The Balaban J connectivity index is 3.24. The molecule has 0 aliphatic rings. The lowest BCUT2D eigenvalue weighted by Crippen LogP contribution is -1.98. The zero-order valence-electron chi connectivity index (χ0n) is 10.6. The zero-order valence-corrected chi connectivity index (χ0v) is 10.6. The summed E-state index contributed by atoms with van der Waals surface area (Å²) >= 11 is 0. The van der Waals surface area contributed by atoms with Crippen LogP contribution >= 0.6 is 0 Å². The highest BCUT2D eigenvalue weighted by molar-refractivity contribution is 5.65. The summed E-state index contributed by atoms with van der Waals surface area (Å²) in [6, 6.07) is 0. The molecule has 2 heteroatoms. The summed E-state index contributed by atoms with van der Waals surface area (Å²) in [6.45, 7) is 4.14. The van der Waals surface area contributed by atoms with E-state index >= 15 is 0 Å². The lowest BCUT2D eigenvalue weighted by molar-refractivity contribution is -0.140. The molecule has 0 aromatic rings. The molecule has 0 spiro atoms. The van der Waals surface area contributed by atoms with E-state index in [4.69, 9.17) is 4.74 Å². The molecule has 0 N–H and O–H groups in total. The van der Waals surface area contributed by atoms with E-state index in [1.807, 2.05) is 12.2 Å². The smallest absolute Gasteiger partial charge is 0.302 e. The molecule has 0 saturated heterocycles. The quantitative estimate of drug-likeness (QED) is 0.336. The van der Waals surface area contributed by atoms with Gasteiger partial charge in [-0.15, -0.1) is 0 Å². The third kappa shape index (κ3) is 12.9. The summed E-state index contributed by atoms with van der Waals surface area (Å²) in [4.78, 5) is 10.4. The van der Waals surface area contributed by atoms with Crippen LogP contribution in [0.5, 0.6) is 0 Å². The molecular weight excluding hydrogens is 200 g/mol. The highest BCUT2D eigenvalue weighted by atomic mass is 16.5. The number of allylic oxidation sites excluding steroid dienone is 3. The molecule has 0 aromatic carbocycles. The lowest BCUT2D eigenvalue weighted by Gasteiger charge is -1.95. The van der Waals surface area contributed by atoms with Crippen LogP contribution in [0.3, 0.4) is 0 Å². The monoisotopic (exact) mass is 224 g/mol. The van der Waals surface area contributed by atoms with Gasteiger partial charge in [-0.1, -0.05) is 50.5 Å². The highest BCUT2D eigenvalue weighted by Crippen LogP contribution is 2.02. The Hall–Kier alpha value is -1.05. The van der Waals surface area contributed by atoms with Crippen LogP contribution < -0.4 is 0 Å². The van der Waals surface area contributed by atoms with Crippen LogP contribution in [0.4, 0.5) is 0 Å². The topological polar surface area (TPSA) is 26.3 Å². The van der Waals surface area contributed by atoms with E-state index in [-0.39, 0.29) is 5.97 Å². The van der Waals surface area contributed by atoms with Gasteiger partial charge in [-0.3, -0.25) is 4.79 Å². The molecular formula is C14H24O2. The Labute approximate surface area is 99.4 Å². The summed E-state index contributed by atoms with van der Waals surface area (Å²) < 4.78 is 4.80. The predicted molar refractivity (Wildman–Crippen MR) is 68.3 cm³/mol. The normalized spacial score (nSPS) is 11.4. The van der Waals surface area contributed by atoms with Crippen LogP contribution in [-0.4, -0.2) is 12.6 Å². The third-order valence-electron chi connectivity index (χ3n) is 2.20.